The van der Waals surface area contributed by atoms with Gasteiger partial charge in [-0.1, -0.05) is 12.1 Å². The highest BCUT2D eigenvalue weighted by Crippen LogP contribution is 2.27. The predicted molar refractivity (Wildman–Crippen MR) is 83.6 cm³/mol. The topological polar surface area (TPSA) is 65.8 Å². The van der Waals surface area contributed by atoms with E-state index in [1.165, 1.54) is 0 Å². The van der Waals surface area contributed by atoms with Crippen molar-refractivity contribution in [3.8, 4) is 16.3 Å². The van der Waals surface area contributed by atoms with Crippen LogP contribution in [0.5, 0.6) is 5.75 Å². The van der Waals surface area contributed by atoms with Crippen LogP contribution < -0.4 is 4.74 Å². The summed E-state index contributed by atoms with van der Waals surface area (Å²) in [5.41, 5.74) is 1.97. The minimum atomic E-state index is 0.0763. The van der Waals surface area contributed by atoms with Gasteiger partial charge in [-0.15, -0.1) is 11.3 Å². The maximum atomic E-state index is 9.03. The van der Waals surface area contributed by atoms with E-state index in [0.717, 1.165) is 22.0 Å². The van der Waals surface area contributed by atoms with Crippen molar-refractivity contribution in [2.24, 2.45) is 0 Å². The van der Waals surface area contributed by atoms with Crippen LogP contribution in [0.15, 0.2) is 29.6 Å². The summed E-state index contributed by atoms with van der Waals surface area (Å²) >= 11 is 1.58. The minimum absolute atomic E-state index is 0.0763. The summed E-state index contributed by atoms with van der Waals surface area (Å²) in [6, 6.07) is 7.81. The Hall–Kier alpha value is -1.47. The van der Waals surface area contributed by atoms with Crippen LogP contribution in [0.4, 0.5) is 0 Å². The summed E-state index contributed by atoms with van der Waals surface area (Å²) in [5, 5.41) is 21.0. The molecule has 1 heterocycles. The average Bonchev–Trinajstić information content (AvgIpc) is 2.96. The van der Waals surface area contributed by atoms with Crippen LogP contribution in [0.25, 0.3) is 10.6 Å². The van der Waals surface area contributed by atoms with Gasteiger partial charge in [0.1, 0.15) is 10.8 Å². The summed E-state index contributed by atoms with van der Waals surface area (Å²) in [5.74, 6) is 0.812. The van der Waals surface area contributed by atoms with E-state index < -0.39 is 0 Å². The van der Waals surface area contributed by atoms with Gasteiger partial charge in [0.25, 0.3) is 0 Å². The molecule has 2 aromatic rings. The first-order chi connectivity index (χ1) is 10.3. The zero-order valence-corrected chi connectivity index (χ0v) is 12.8. The molecule has 0 radical (unpaired) electrons. The Balaban J connectivity index is 2.09. The van der Waals surface area contributed by atoms with E-state index in [4.69, 9.17) is 14.9 Å². The Kier molecular flexibility index (Phi) is 6.13. The molecular weight excluding hydrogens is 288 g/mol. The fourth-order valence-corrected chi connectivity index (χ4v) is 2.86. The van der Waals surface area contributed by atoms with Gasteiger partial charge in [-0.2, -0.15) is 0 Å². The van der Waals surface area contributed by atoms with E-state index in [-0.39, 0.29) is 13.2 Å². The summed E-state index contributed by atoms with van der Waals surface area (Å²) in [7, 11) is 1.65. The van der Waals surface area contributed by atoms with Crippen molar-refractivity contribution in [2.45, 2.75) is 6.54 Å². The van der Waals surface area contributed by atoms with Crippen LogP contribution in [0.1, 0.15) is 5.69 Å². The second kappa shape index (κ2) is 8.09. The van der Waals surface area contributed by atoms with Gasteiger partial charge >= 0.3 is 0 Å². The molecule has 114 valence electrons. The Morgan fingerprint density at radius 2 is 2.00 bits per heavy atom. The molecule has 2 rings (SSSR count). The zero-order valence-electron chi connectivity index (χ0n) is 12.0. The lowest BCUT2D eigenvalue weighted by Gasteiger charge is -2.18. The Labute approximate surface area is 128 Å². The monoisotopic (exact) mass is 308 g/mol. The minimum Gasteiger partial charge on any atom is -0.497 e. The van der Waals surface area contributed by atoms with E-state index >= 15 is 0 Å². The largest absolute Gasteiger partial charge is 0.497 e. The normalized spacial score (nSPS) is 11.0. The molecule has 0 aliphatic carbocycles. The standard InChI is InChI=1S/C15H20N2O3S/c1-20-14-4-2-3-12(9-14)15-16-13(11-21-15)10-17(5-7-18)6-8-19/h2-4,9,11,18-19H,5-8,10H2,1H3. The molecule has 0 atom stereocenters. The van der Waals surface area contributed by atoms with Gasteiger partial charge in [0, 0.05) is 30.6 Å². The summed E-state index contributed by atoms with van der Waals surface area (Å²) in [6.45, 7) is 1.85. The number of rotatable bonds is 8. The van der Waals surface area contributed by atoms with E-state index in [1.54, 1.807) is 18.4 Å². The lowest BCUT2D eigenvalue weighted by atomic mass is 10.2. The molecule has 0 aliphatic rings. The second-order valence-corrected chi connectivity index (χ2v) is 5.46. The van der Waals surface area contributed by atoms with Gasteiger partial charge in [0.2, 0.25) is 0 Å². The van der Waals surface area contributed by atoms with Crippen molar-refractivity contribution >= 4 is 11.3 Å². The predicted octanol–water partition coefficient (Wildman–Crippen LogP) is 1.61. The third-order valence-corrected chi connectivity index (χ3v) is 4.03. The quantitative estimate of drug-likeness (QED) is 0.775. The van der Waals surface area contributed by atoms with E-state index in [1.807, 2.05) is 34.5 Å². The molecule has 0 amide bonds. The van der Waals surface area contributed by atoms with Gasteiger partial charge in [-0.3, -0.25) is 4.90 Å². The van der Waals surface area contributed by atoms with Gasteiger partial charge in [-0.05, 0) is 12.1 Å². The lowest BCUT2D eigenvalue weighted by molar-refractivity contribution is 0.155. The van der Waals surface area contributed by atoms with Crippen LogP contribution in [0.3, 0.4) is 0 Å². The van der Waals surface area contributed by atoms with E-state index in [0.29, 0.717) is 19.6 Å². The van der Waals surface area contributed by atoms with Gasteiger partial charge in [0.15, 0.2) is 0 Å². The highest BCUT2D eigenvalue weighted by molar-refractivity contribution is 7.13. The first-order valence-corrected chi connectivity index (χ1v) is 7.67. The number of nitrogens with zero attached hydrogens (tertiary/aromatic N) is 2. The van der Waals surface area contributed by atoms with Crippen LogP contribution in [0.2, 0.25) is 0 Å². The summed E-state index contributed by atoms with van der Waals surface area (Å²) < 4.78 is 5.22. The molecule has 0 saturated carbocycles. The van der Waals surface area contributed by atoms with Crippen molar-refractivity contribution in [2.75, 3.05) is 33.4 Å². The maximum Gasteiger partial charge on any atom is 0.123 e. The first-order valence-electron chi connectivity index (χ1n) is 6.79. The summed E-state index contributed by atoms with van der Waals surface area (Å²) in [6.07, 6.45) is 0. The SMILES string of the molecule is COc1cccc(-c2nc(CN(CCO)CCO)cs2)c1. The molecule has 0 spiro atoms. The molecule has 0 aliphatic heterocycles. The number of hydrogen-bond donors (Lipinski definition) is 2. The van der Waals surface area contributed by atoms with Crippen LogP contribution in [-0.2, 0) is 6.54 Å². The molecule has 0 saturated heterocycles. The van der Waals surface area contributed by atoms with Gasteiger partial charge in [-0.25, -0.2) is 4.98 Å². The molecular formula is C15H20N2O3S. The number of hydrogen-bond acceptors (Lipinski definition) is 6. The molecule has 6 heteroatoms. The third-order valence-electron chi connectivity index (χ3n) is 3.09. The number of ether oxygens (including phenoxy) is 1. The smallest absolute Gasteiger partial charge is 0.123 e. The highest BCUT2D eigenvalue weighted by Gasteiger charge is 2.10. The van der Waals surface area contributed by atoms with Crippen LogP contribution in [-0.4, -0.2) is 53.5 Å². The van der Waals surface area contributed by atoms with E-state index in [2.05, 4.69) is 4.98 Å². The molecule has 0 fully saturated rings. The third kappa shape index (κ3) is 4.50. The molecule has 0 bridgehead atoms. The van der Waals surface area contributed by atoms with Crippen LogP contribution >= 0.6 is 11.3 Å². The number of benzene rings is 1. The Bertz CT molecular complexity index is 553. The maximum absolute atomic E-state index is 9.03. The van der Waals surface area contributed by atoms with Gasteiger partial charge < -0.3 is 14.9 Å². The van der Waals surface area contributed by atoms with Crippen molar-refractivity contribution in [3.05, 3.63) is 35.3 Å². The molecule has 1 aromatic carbocycles. The number of aliphatic hydroxyl groups is 2. The highest BCUT2D eigenvalue weighted by atomic mass is 32.1. The Morgan fingerprint density at radius 1 is 1.24 bits per heavy atom. The fraction of sp³-hybridized carbons (Fsp3) is 0.400. The molecule has 21 heavy (non-hydrogen) atoms. The number of aliphatic hydroxyl groups excluding tert-OH is 2. The first kappa shape index (κ1) is 15.9. The molecule has 1 aromatic heterocycles. The van der Waals surface area contributed by atoms with Crippen molar-refractivity contribution in [3.63, 3.8) is 0 Å². The second-order valence-electron chi connectivity index (χ2n) is 4.60. The number of aromatic nitrogens is 1. The molecule has 0 unspecified atom stereocenters. The van der Waals surface area contributed by atoms with Crippen molar-refractivity contribution in [1.29, 1.82) is 0 Å². The molecule has 2 N–H and O–H groups in total. The zero-order chi connectivity index (χ0) is 15.1. The number of methoxy groups -OCH3 is 1. The number of thiazole rings is 1. The average molecular weight is 308 g/mol. The van der Waals surface area contributed by atoms with E-state index in [9.17, 15) is 0 Å². The fourth-order valence-electron chi connectivity index (χ4n) is 2.05. The lowest BCUT2D eigenvalue weighted by Crippen LogP contribution is -2.29. The summed E-state index contributed by atoms with van der Waals surface area (Å²) in [4.78, 5) is 6.59. The van der Waals surface area contributed by atoms with Crippen molar-refractivity contribution < 1.29 is 14.9 Å². The molecule has 5 nitrogen and oxygen atoms in total. The van der Waals surface area contributed by atoms with Gasteiger partial charge in [0.05, 0.1) is 26.0 Å². The van der Waals surface area contributed by atoms with Crippen molar-refractivity contribution in [1.82, 2.24) is 9.88 Å². The Morgan fingerprint density at radius 3 is 2.67 bits per heavy atom. The van der Waals surface area contributed by atoms with Crippen LogP contribution in [0, 0.1) is 0 Å².